The van der Waals surface area contributed by atoms with Gasteiger partial charge in [0.05, 0.1) is 11.8 Å². The number of nitrogens with zero attached hydrogens (tertiary/aromatic N) is 1. The number of carbonyl (C=O) groups excluding carboxylic acids is 2. The van der Waals surface area contributed by atoms with Crippen molar-refractivity contribution >= 4 is 11.8 Å². The highest BCUT2D eigenvalue weighted by molar-refractivity contribution is 5.81. The van der Waals surface area contributed by atoms with Crippen molar-refractivity contribution in [3.63, 3.8) is 0 Å². The fourth-order valence-electron chi connectivity index (χ4n) is 3.44. The van der Waals surface area contributed by atoms with Crippen LogP contribution in [0.15, 0.2) is 18.3 Å². The van der Waals surface area contributed by atoms with Crippen molar-refractivity contribution in [2.45, 2.75) is 70.1 Å². The van der Waals surface area contributed by atoms with Gasteiger partial charge in [-0.2, -0.15) is 0 Å². The number of nitrogens with one attached hydrogen (secondary N) is 2. The minimum atomic E-state index is 0.00530. The molecular weight excluding hydrogens is 306 g/mol. The van der Waals surface area contributed by atoms with Crippen LogP contribution in [0.25, 0.3) is 0 Å². The quantitative estimate of drug-likeness (QED) is 0.863. The van der Waals surface area contributed by atoms with Crippen molar-refractivity contribution in [1.29, 1.82) is 0 Å². The predicted molar refractivity (Wildman–Crippen MR) is 89.6 cm³/mol. The maximum atomic E-state index is 12.1. The minimum absolute atomic E-state index is 0.00530. The molecule has 2 aliphatic rings. The molecule has 130 valence electrons. The third kappa shape index (κ3) is 4.46. The zero-order valence-electron chi connectivity index (χ0n) is 14.1. The summed E-state index contributed by atoms with van der Waals surface area (Å²) in [6.07, 6.45) is 7.35. The molecule has 1 saturated carbocycles. The van der Waals surface area contributed by atoms with Crippen molar-refractivity contribution in [1.82, 2.24) is 15.6 Å². The molecule has 6 heteroatoms. The third-order valence-electron chi connectivity index (χ3n) is 4.81. The molecule has 1 aromatic rings. The standard InChI is InChI=1S/C18H25N3O3/c1-12-16(3-2-10-19-12)24-15-7-4-13(5-8-15)20-18(23)11-14-6-9-17(22)21-14/h2-3,10,13-15H,4-9,11H2,1H3,(H,20,23)(H,21,22)/t13?,14-,15?/m0/s1. The first-order valence-corrected chi connectivity index (χ1v) is 8.77. The first-order valence-electron chi connectivity index (χ1n) is 8.77. The third-order valence-corrected chi connectivity index (χ3v) is 4.81. The van der Waals surface area contributed by atoms with Gasteiger partial charge in [0, 0.05) is 31.1 Å². The van der Waals surface area contributed by atoms with Crippen molar-refractivity contribution in [2.75, 3.05) is 0 Å². The van der Waals surface area contributed by atoms with E-state index in [0.29, 0.717) is 12.8 Å². The number of carbonyl (C=O) groups is 2. The highest BCUT2D eigenvalue weighted by Gasteiger charge is 2.27. The molecule has 0 aromatic carbocycles. The summed E-state index contributed by atoms with van der Waals surface area (Å²) < 4.78 is 6.04. The summed E-state index contributed by atoms with van der Waals surface area (Å²) in [6, 6.07) is 4.05. The van der Waals surface area contributed by atoms with Gasteiger partial charge in [-0.05, 0) is 51.2 Å². The molecule has 0 bridgehead atoms. The van der Waals surface area contributed by atoms with E-state index in [4.69, 9.17) is 4.74 Å². The maximum Gasteiger partial charge on any atom is 0.222 e. The molecule has 2 heterocycles. The Kier molecular flexibility index (Phi) is 5.33. The summed E-state index contributed by atoms with van der Waals surface area (Å²) in [5, 5.41) is 5.93. The van der Waals surface area contributed by atoms with E-state index < -0.39 is 0 Å². The predicted octanol–water partition coefficient (Wildman–Crippen LogP) is 1.86. The molecule has 2 fully saturated rings. The number of hydrogen-bond acceptors (Lipinski definition) is 4. The van der Waals surface area contributed by atoms with Gasteiger partial charge in [0.1, 0.15) is 5.75 Å². The van der Waals surface area contributed by atoms with E-state index in [1.807, 2.05) is 19.1 Å². The molecule has 1 atom stereocenters. The Hall–Kier alpha value is -2.11. The average Bonchev–Trinajstić information content (AvgIpc) is 2.96. The van der Waals surface area contributed by atoms with Crippen molar-refractivity contribution < 1.29 is 14.3 Å². The summed E-state index contributed by atoms with van der Waals surface area (Å²) >= 11 is 0. The second-order valence-electron chi connectivity index (χ2n) is 6.75. The summed E-state index contributed by atoms with van der Waals surface area (Å²) in [5.74, 6) is 0.938. The molecular formula is C18H25N3O3. The number of aromatic nitrogens is 1. The summed E-state index contributed by atoms with van der Waals surface area (Å²) in [7, 11) is 0. The number of rotatable bonds is 5. The number of amides is 2. The Morgan fingerprint density at radius 2 is 2.12 bits per heavy atom. The lowest BCUT2D eigenvalue weighted by atomic mass is 9.92. The first-order chi connectivity index (χ1) is 11.6. The van der Waals surface area contributed by atoms with E-state index in [1.165, 1.54) is 0 Å². The number of ether oxygens (including phenoxy) is 1. The van der Waals surface area contributed by atoms with Gasteiger partial charge in [-0.3, -0.25) is 14.6 Å². The zero-order chi connectivity index (χ0) is 16.9. The van der Waals surface area contributed by atoms with E-state index in [0.717, 1.165) is 43.5 Å². The molecule has 2 N–H and O–H groups in total. The SMILES string of the molecule is Cc1ncccc1OC1CCC(NC(=O)C[C@@H]2CCC(=O)N2)CC1. The Morgan fingerprint density at radius 1 is 1.33 bits per heavy atom. The summed E-state index contributed by atoms with van der Waals surface area (Å²) in [4.78, 5) is 27.5. The molecule has 6 nitrogen and oxygen atoms in total. The molecule has 0 unspecified atom stereocenters. The van der Waals surface area contributed by atoms with Gasteiger partial charge in [-0.1, -0.05) is 0 Å². The first kappa shape index (κ1) is 16.7. The van der Waals surface area contributed by atoms with Gasteiger partial charge in [0.25, 0.3) is 0 Å². The lowest BCUT2D eigenvalue weighted by Gasteiger charge is -2.30. The van der Waals surface area contributed by atoms with Crippen LogP contribution in [0, 0.1) is 6.92 Å². The van der Waals surface area contributed by atoms with E-state index in [-0.39, 0.29) is 30.0 Å². The van der Waals surface area contributed by atoms with Gasteiger partial charge in [0.2, 0.25) is 11.8 Å². The number of hydrogen-bond donors (Lipinski definition) is 2. The van der Waals surface area contributed by atoms with Crippen LogP contribution in [-0.4, -0.2) is 35.0 Å². The number of aryl methyl sites for hydroxylation is 1. The molecule has 1 saturated heterocycles. The van der Waals surface area contributed by atoms with Crippen molar-refractivity contribution in [2.24, 2.45) is 0 Å². The smallest absolute Gasteiger partial charge is 0.222 e. The van der Waals surface area contributed by atoms with Gasteiger partial charge in [0.15, 0.2) is 0 Å². The second kappa shape index (κ2) is 7.64. The van der Waals surface area contributed by atoms with E-state index >= 15 is 0 Å². The topological polar surface area (TPSA) is 80.3 Å². The van der Waals surface area contributed by atoms with Crippen LogP contribution < -0.4 is 15.4 Å². The monoisotopic (exact) mass is 331 g/mol. The maximum absolute atomic E-state index is 12.1. The lowest BCUT2D eigenvalue weighted by molar-refractivity contribution is -0.122. The van der Waals surface area contributed by atoms with Crippen LogP contribution in [0.1, 0.15) is 50.6 Å². The van der Waals surface area contributed by atoms with E-state index in [2.05, 4.69) is 15.6 Å². The van der Waals surface area contributed by atoms with Crippen molar-refractivity contribution in [3.05, 3.63) is 24.0 Å². The van der Waals surface area contributed by atoms with E-state index in [9.17, 15) is 9.59 Å². The van der Waals surface area contributed by atoms with Crippen LogP contribution >= 0.6 is 0 Å². The Labute approximate surface area is 142 Å². The van der Waals surface area contributed by atoms with Gasteiger partial charge in [-0.15, -0.1) is 0 Å². The molecule has 2 amide bonds. The van der Waals surface area contributed by atoms with Crippen LogP contribution in [0.4, 0.5) is 0 Å². The van der Waals surface area contributed by atoms with Crippen molar-refractivity contribution in [3.8, 4) is 5.75 Å². The molecule has 1 aromatic heterocycles. The van der Waals surface area contributed by atoms with Crippen LogP contribution in [-0.2, 0) is 9.59 Å². The van der Waals surface area contributed by atoms with E-state index in [1.54, 1.807) is 6.20 Å². The Balaban J connectivity index is 1.39. The Morgan fingerprint density at radius 3 is 2.79 bits per heavy atom. The van der Waals surface area contributed by atoms with Gasteiger partial charge < -0.3 is 15.4 Å². The normalized spacial score (nSPS) is 26.7. The number of pyridine rings is 1. The molecule has 0 radical (unpaired) electrons. The second-order valence-corrected chi connectivity index (χ2v) is 6.75. The minimum Gasteiger partial charge on any atom is -0.489 e. The van der Waals surface area contributed by atoms with Crippen LogP contribution in [0.3, 0.4) is 0 Å². The highest BCUT2D eigenvalue weighted by Crippen LogP contribution is 2.25. The van der Waals surface area contributed by atoms with Crippen LogP contribution in [0.2, 0.25) is 0 Å². The summed E-state index contributed by atoms with van der Waals surface area (Å²) in [6.45, 7) is 1.95. The van der Waals surface area contributed by atoms with Gasteiger partial charge >= 0.3 is 0 Å². The zero-order valence-corrected chi connectivity index (χ0v) is 14.1. The Bertz CT molecular complexity index is 597. The molecule has 3 rings (SSSR count). The average molecular weight is 331 g/mol. The largest absolute Gasteiger partial charge is 0.489 e. The van der Waals surface area contributed by atoms with Crippen LogP contribution in [0.5, 0.6) is 5.75 Å². The summed E-state index contributed by atoms with van der Waals surface area (Å²) in [5.41, 5.74) is 0.909. The molecule has 0 spiro atoms. The fourth-order valence-corrected chi connectivity index (χ4v) is 3.44. The fraction of sp³-hybridized carbons (Fsp3) is 0.611. The molecule has 1 aliphatic heterocycles. The molecule has 1 aliphatic carbocycles. The molecule has 24 heavy (non-hydrogen) atoms. The highest BCUT2D eigenvalue weighted by atomic mass is 16.5. The lowest BCUT2D eigenvalue weighted by Crippen LogP contribution is -2.42. The van der Waals surface area contributed by atoms with Gasteiger partial charge in [-0.25, -0.2) is 0 Å².